The first-order valence-corrected chi connectivity index (χ1v) is 4.35. The number of hydrogen-bond acceptors (Lipinski definition) is 5. The van der Waals surface area contributed by atoms with Crippen LogP contribution in [0.2, 0.25) is 0 Å². The smallest absolute Gasteiger partial charge is 0.291 e. The molecule has 0 radical (unpaired) electrons. The number of nitrogens with zero attached hydrogens (tertiary/aromatic N) is 1. The number of rotatable bonds is 3. The summed E-state index contributed by atoms with van der Waals surface area (Å²) in [6.45, 7) is 2.50. The second-order valence-corrected chi connectivity index (χ2v) is 1.85. The third-order valence-corrected chi connectivity index (χ3v) is 0.433. The van der Waals surface area contributed by atoms with E-state index < -0.39 is 5.09 Å². The molecule has 11 heteroatoms. The third kappa shape index (κ3) is 368. The first-order valence-electron chi connectivity index (χ1n) is 4.35. The van der Waals surface area contributed by atoms with Crippen LogP contribution < -0.4 is 17.2 Å². The molecular formula is C6H22CdN7O3-3. The van der Waals surface area contributed by atoms with E-state index in [-0.39, 0.29) is 27.3 Å². The average molecular weight is 353 g/mol. The van der Waals surface area contributed by atoms with Gasteiger partial charge >= 0.3 is 0 Å². The minimum absolute atomic E-state index is 0. The Balaban J connectivity index is -0.0000000369. The van der Waals surface area contributed by atoms with Gasteiger partial charge in [-0.15, -0.1) is 29.7 Å². The van der Waals surface area contributed by atoms with Gasteiger partial charge in [0.05, 0.1) is 0 Å². The van der Waals surface area contributed by atoms with E-state index in [2.05, 4.69) is 0 Å². The van der Waals surface area contributed by atoms with Crippen molar-refractivity contribution in [2.75, 3.05) is 39.3 Å². The Labute approximate surface area is 121 Å². The molecule has 0 aliphatic carbocycles. The topological polar surface area (TPSA) is 213 Å². The van der Waals surface area contributed by atoms with Gasteiger partial charge in [0.1, 0.15) is 0 Å². The van der Waals surface area contributed by atoms with Crippen LogP contribution in [0, 0.1) is 10.1 Å². The van der Waals surface area contributed by atoms with Crippen molar-refractivity contribution in [1.29, 1.82) is 0 Å². The molecule has 0 amide bonds. The molecule has 17 heavy (non-hydrogen) atoms. The summed E-state index contributed by atoms with van der Waals surface area (Å²) in [5, 5.41) is 13.6. The van der Waals surface area contributed by atoms with E-state index in [1.807, 2.05) is 0 Å². The molecule has 0 heterocycles. The summed E-state index contributed by atoms with van der Waals surface area (Å²) in [5.41, 5.74) is 33.5. The van der Waals surface area contributed by atoms with Gasteiger partial charge in [0.15, 0.2) is 0 Å². The quantitative estimate of drug-likeness (QED) is 0.302. The molecule has 0 aliphatic rings. The SMILES string of the molecule is O=[N+]([O-])O.[Cd].[NH-]CCN.[NH-]CCN.[NH-]CCN. The largest absolute Gasteiger partial charge is 0.676 e. The van der Waals surface area contributed by atoms with Crippen molar-refractivity contribution in [3.63, 3.8) is 0 Å². The molecule has 0 aromatic heterocycles. The van der Waals surface area contributed by atoms with Crippen LogP contribution in [0.5, 0.6) is 0 Å². The maximum Gasteiger partial charge on any atom is 0.291 e. The van der Waals surface area contributed by atoms with Crippen molar-refractivity contribution >= 4 is 0 Å². The molecule has 10 N–H and O–H groups in total. The standard InChI is InChI=1S/3C2H7N2.Cd.HNO3/c3*3-1-2-4;;2-1(3)4/h3*3H,1-2,4H2;;(H,2,3,4)/q3*-1;;. The Bertz CT molecular complexity index is 92.1. The van der Waals surface area contributed by atoms with E-state index in [0.717, 1.165) is 0 Å². The van der Waals surface area contributed by atoms with Gasteiger partial charge in [-0.05, 0) is 19.6 Å². The summed E-state index contributed by atoms with van der Waals surface area (Å²) in [7, 11) is 0. The van der Waals surface area contributed by atoms with Crippen molar-refractivity contribution in [3.8, 4) is 0 Å². The molecule has 0 saturated heterocycles. The molecule has 0 aromatic rings. The van der Waals surface area contributed by atoms with Gasteiger partial charge in [0.2, 0.25) is 0 Å². The Hall–Kier alpha value is -0.118. The van der Waals surface area contributed by atoms with Crippen LogP contribution in [0.25, 0.3) is 17.2 Å². The Morgan fingerprint density at radius 3 is 1.00 bits per heavy atom. The van der Waals surface area contributed by atoms with Gasteiger partial charge in [0, 0.05) is 27.3 Å². The Morgan fingerprint density at radius 1 is 0.941 bits per heavy atom. The first-order chi connectivity index (χ1) is 7.47. The molecule has 0 spiro atoms. The van der Waals surface area contributed by atoms with Crippen LogP contribution >= 0.6 is 0 Å². The molecule has 10 nitrogen and oxygen atoms in total. The van der Waals surface area contributed by atoms with Crippen LogP contribution in [0.4, 0.5) is 0 Å². The molecule has 0 fully saturated rings. The van der Waals surface area contributed by atoms with E-state index in [4.69, 9.17) is 49.7 Å². The van der Waals surface area contributed by atoms with Crippen LogP contribution in [0.3, 0.4) is 0 Å². The van der Waals surface area contributed by atoms with Gasteiger partial charge in [-0.25, -0.2) is 0 Å². The summed E-state index contributed by atoms with van der Waals surface area (Å²) in [6.07, 6.45) is 0. The number of nitrogens with two attached hydrogens (primary N) is 3. The number of hydrogen-bond donors (Lipinski definition) is 4. The zero-order valence-corrected chi connectivity index (χ0v) is 13.9. The summed E-state index contributed by atoms with van der Waals surface area (Å²) < 4.78 is 0. The molecule has 0 saturated carbocycles. The maximum atomic E-state index is 8.36. The van der Waals surface area contributed by atoms with Crippen LogP contribution in [0.1, 0.15) is 0 Å². The Morgan fingerprint density at radius 2 is 1.00 bits per heavy atom. The molecule has 0 bridgehead atoms. The predicted molar refractivity (Wildman–Crippen MR) is 63.5 cm³/mol. The number of nitrogens with one attached hydrogen (secondary N) is 3. The van der Waals surface area contributed by atoms with Crippen LogP contribution in [-0.2, 0) is 27.3 Å². The van der Waals surface area contributed by atoms with E-state index in [1.165, 1.54) is 0 Å². The summed E-state index contributed by atoms with van der Waals surface area (Å²) >= 11 is 0. The van der Waals surface area contributed by atoms with Gasteiger partial charge in [-0.3, -0.25) is 0 Å². The van der Waals surface area contributed by atoms with Crippen molar-refractivity contribution in [3.05, 3.63) is 27.3 Å². The average Bonchev–Trinajstić information content (AvgIpc) is 2.28. The molecule has 0 atom stereocenters. The monoisotopic (exact) mass is 354 g/mol. The normalized spacial score (nSPS) is 6.71. The van der Waals surface area contributed by atoms with Crippen LogP contribution in [0.15, 0.2) is 0 Å². The summed E-state index contributed by atoms with van der Waals surface area (Å²) in [4.78, 5) is 8.36. The first kappa shape index (κ1) is 30.2. The van der Waals surface area contributed by atoms with Crippen LogP contribution in [-0.4, -0.2) is 49.6 Å². The maximum absolute atomic E-state index is 8.36. The van der Waals surface area contributed by atoms with E-state index in [0.29, 0.717) is 39.3 Å². The van der Waals surface area contributed by atoms with E-state index >= 15 is 0 Å². The fourth-order valence-corrected chi connectivity index (χ4v) is 0. The Kier molecular flexibility index (Phi) is 79.1. The van der Waals surface area contributed by atoms with Gasteiger partial charge in [-0.2, -0.15) is 0 Å². The van der Waals surface area contributed by atoms with Crippen molar-refractivity contribution < 1.29 is 37.6 Å². The second kappa shape index (κ2) is 44.6. The zero-order chi connectivity index (χ0) is 13.8. The molecule has 0 rings (SSSR count). The molecule has 0 unspecified atom stereocenters. The van der Waals surface area contributed by atoms with Crippen molar-refractivity contribution in [2.45, 2.75) is 0 Å². The molecule has 104 valence electrons. The van der Waals surface area contributed by atoms with E-state index in [9.17, 15) is 0 Å². The predicted octanol–water partition coefficient (Wildman–Crippen LogP) is -0.358. The summed E-state index contributed by atoms with van der Waals surface area (Å²) in [5.74, 6) is 0. The van der Waals surface area contributed by atoms with Crippen molar-refractivity contribution in [2.24, 2.45) is 17.2 Å². The van der Waals surface area contributed by atoms with Gasteiger partial charge < -0.3 is 39.6 Å². The molecule has 0 aliphatic heterocycles. The molecule has 0 aromatic carbocycles. The van der Waals surface area contributed by atoms with Crippen molar-refractivity contribution in [1.82, 2.24) is 0 Å². The fourth-order valence-electron chi connectivity index (χ4n) is 0. The fraction of sp³-hybridized carbons (Fsp3) is 1.00. The second-order valence-electron chi connectivity index (χ2n) is 1.85. The summed E-state index contributed by atoms with van der Waals surface area (Å²) in [6, 6.07) is 0. The van der Waals surface area contributed by atoms with E-state index in [1.54, 1.807) is 0 Å². The third-order valence-electron chi connectivity index (χ3n) is 0.433. The zero-order valence-electron chi connectivity index (χ0n) is 9.89. The van der Waals surface area contributed by atoms with Gasteiger partial charge in [-0.1, -0.05) is 0 Å². The minimum atomic E-state index is -1.50. The molecular weight excluding hydrogens is 331 g/mol. The minimum Gasteiger partial charge on any atom is -0.676 e. The van der Waals surface area contributed by atoms with Gasteiger partial charge in [0.25, 0.3) is 5.09 Å².